The van der Waals surface area contributed by atoms with Crippen molar-refractivity contribution in [2.75, 3.05) is 12.0 Å². The first-order chi connectivity index (χ1) is 7.19. The minimum Gasteiger partial charge on any atom is -0.475 e. The zero-order valence-corrected chi connectivity index (χ0v) is 7.96. The number of hydrogen-bond donors (Lipinski definition) is 2. The fraction of sp³-hybridized carbons (Fsp3) is 0.222. The molecule has 15 heavy (non-hydrogen) atoms. The number of aromatic nitrogens is 1. The number of pyridine rings is 1. The molecule has 0 radical (unpaired) electrons. The van der Waals surface area contributed by atoms with E-state index in [4.69, 9.17) is 10.6 Å². The van der Waals surface area contributed by atoms with Crippen molar-refractivity contribution in [3.63, 3.8) is 0 Å². The number of nitrogens with zero attached hydrogens (tertiary/aromatic N) is 1. The van der Waals surface area contributed by atoms with Crippen molar-refractivity contribution in [3.8, 4) is 5.88 Å². The summed E-state index contributed by atoms with van der Waals surface area (Å²) in [6, 6.07) is 0.658. The largest absolute Gasteiger partial charge is 0.475 e. The molecule has 0 aliphatic carbocycles. The number of hydrazine groups is 1. The molecule has 1 aromatic rings. The van der Waals surface area contributed by atoms with Gasteiger partial charge in [0, 0.05) is 6.07 Å². The fourth-order valence-corrected chi connectivity index (χ4v) is 0.891. The van der Waals surface area contributed by atoms with Crippen LogP contribution >= 0.6 is 0 Å². The lowest BCUT2D eigenvalue weighted by Crippen LogP contribution is -2.12. The van der Waals surface area contributed by atoms with E-state index < -0.39 is 11.6 Å². The van der Waals surface area contributed by atoms with Gasteiger partial charge in [0.25, 0.3) is 5.88 Å². The molecule has 0 fully saturated rings. The standard InChI is InChI=1S/C9H11F2N3O/c1-2-3-4-15-9-7(11)5-6(10)8(13-9)14-12/h2,5H,1,3-4,12H2,(H,13,14). The van der Waals surface area contributed by atoms with Crippen molar-refractivity contribution < 1.29 is 13.5 Å². The zero-order valence-electron chi connectivity index (χ0n) is 7.96. The molecule has 0 spiro atoms. The molecule has 0 saturated carbocycles. The van der Waals surface area contributed by atoms with Gasteiger partial charge in [0.05, 0.1) is 6.61 Å². The van der Waals surface area contributed by atoms with Crippen LogP contribution in [0.4, 0.5) is 14.6 Å². The number of nitrogens with two attached hydrogens (primary N) is 1. The van der Waals surface area contributed by atoms with Gasteiger partial charge in [-0.05, 0) is 6.42 Å². The number of anilines is 1. The second kappa shape index (κ2) is 5.26. The lowest BCUT2D eigenvalue weighted by Gasteiger charge is -2.07. The fourth-order valence-electron chi connectivity index (χ4n) is 0.891. The van der Waals surface area contributed by atoms with Crippen LogP contribution in [-0.2, 0) is 0 Å². The first kappa shape index (κ1) is 11.4. The highest BCUT2D eigenvalue weighted by Crippen LogP contribution is 2.20. The lowest BCUT2D eigenvalue weighted by atomic mass is 10.4. The van der Waals surface area contributed by atoms with Gasteiger partial charge in [0.15, 0.2) is 17.5 Å². The van der Waals surface area contributed by atoms with Crippen LogP contribution in [0.25, 0.3) is 0 Å². The van der Waals surface area contributed by atoms with Gasteiger partial charge >= 0.3 is 0 Å². The van der Waals surface area contributed by atoms with Gasteiger partial charge < -0.3 is 10.2 Å². The Bertz CT molecular complexity index is 357. The summed E-state index contributed by atoms with van der Waals surface area (Å²) < 4.78 is 30.9. The van der Waals surface area contributed by atoms with Crippen LogP contribution in [0.3, 0.4) is 0 Å². The van der Waals surface area contributed by atoms with E-state index in [1.807, 2.05) is 5.43 Å². The average Bonchev–Trinajstić information content (AvgIpc) is 2.21. The summed E-state index contributed by atoms with van der Waals surface area (Å²) >= 11 is 0. The van der Waals surface area contributed by atoms with Crippen LogP contribution in [0.15, 0.2) is 18.7 Å². The zero-order chi connectivity index (χ0) is 11.3. The normalized spacial score (nSPS) is 9.80. The van der Waals surface area contributed by atoms with Crippen molar-refractivity contribution in [1.82, 2.24) is 4.98 Å². The minimum absolute atomic E-state index is 0.225. The number of hydrogen-bond acceptors (Lipinski definition) is 4. The molecular formula is C9H11F2N3O. The van der Waals surface area contributed by atoms with E-state index in [1.165, 1.54) is 0 Å². The lowest BCUT2D eigenvalue weighted by molar-refractivity contribution is 0.293. The molecule has 0 bridgehead atoms. The highest BCUT2D eigenvalue weighted by Gasteiger charge is 2.11. The molecule has 0 atom stereocenters. The maximum Gasteiger partial charge on any atom is 0.252 e. The van der Waals surface area contributed by atoms with Gasteiger partial charge in [-0.3, -0.25) is 0 Å². The average molecular weight is 215 g/mol. The van der Waals surface area contributed by atoms with Crippen molar-refractivity contribution in [1.29, 1.82) is 0 Å². The Labute approximate surface area is 85.7 Å². The maximum atomic E-state index is 13.1. The first-order valence-electron chi connectivity index (χ1n) is 4.25. The molecule has 0 saturated heterocycles. The molecule has 6 heteroatoms. The summed E-state index contributed by atoms with van der Waals surface area (Å²) in [6.45, 7) is 3.70. The molecular weight excluding hydrogens is 204 g/mol. The van der Waals surface area contributed by atoms with E-state index in [0.29, 0.717) is 12.5 Å². The molecule has 0 aromatic carbocycles. The Morgan fingerprint density at radius 2 is 2.27 bits per heavy atom. The molecule has 1 rings (SSSR count). The van der Waals surface area contributed by atoms with Gasteiger partial charge in [0.2, 0.25) is 0 Å². The Balaban J connectivity index is 2.82. The van der Waals surface area contributed by atoms with E-state index in [-0.39, 0.29) is 18.3 Å². The third-order valence-electron chi connectivity index (χ3n) is 1.59. The van der Waals surface area contributed by atoms with Gasteiger partial charge in [-0.2, -0.15) is 4.98 Å². The summed E-state index contributed by atoms with van der Waals surface area (Å²) in [5.74, 6) is 2.70. The Morgan fingerprint density at radius 3 is 2.87 bits per heavy atom. The maximum absolute atomic E-state index is 13.1. The molecule has 0 amide bonds. The third-order valence-corrected chi connectivity index (χ3v) is 1.59. The van der Waals surface area contributed by atoms with E-state index in [9.17, 15) is 8.78 Å². The van der Waals surface area contributed by atoms with Crippen molar-refractivity contribution >= 4 is 5.82 Å². The summed E-state index contributed by atoms with van der Waals surface area (Å²) in [4.78, 5) is 3.52. The Hall–Kier alpha value is -1.69. The minimum atomic E-state index is -0.869. The second-order valence-electron chi connectivity index (χ2n) is 2.68. The first-order valence-corrected chi connectivity index (χ1v) is 4.25. The molecule has 1 heterocycles. The molecule has 1 aromatic heterocycles. The molecule has 0 aliphatic rings. The number of halogens is 2. The third kappa shape index (κ3) is 2.88. The second-order valence-corrected chi connectivity index (χ2v) is 2.68. The summed E-state index contributed by atoms with van der Waals surface area (Å²) in [5, 5.41) is 0. The highest BCUT2D eigenvalue weighted by molar-refractivity contribution is 5.38. The van der Waals surface area contributed by atoms with Crippen LogP contribution in [0.5, 0.6) is 5.88 Å². The van der Waals surface area contributed by atoms with Crippen LogP contribution in [0, 0.1) is 11.6 Å². The molecule has 3 N–H and O–H groups in total. The number of rotatable bonds is 5. The summed E-state index contributed by atoms with van der Waals surface area (Å²) in [7, 11) is 0. The van der Waals surface area contributed by atoms with Crippen molar-refractivity contribution in [3.05, 3.63) is 30.4 Å². The monoisotopic (exact) mass is 215 g/mol. The predicted molar refractivity (Wildman–Crippen MR) is 52.3 cm³/mol. The van der Waals surface area contributed by atoms with Crippen LogP contribution < -0.4 is 16.0 Å². The molecule has 4 nitrogen and oxygen atoms in total. The quantitative estimate of drug-likeness (QED) is 0.339. The number of ether oxygens (including phenoxy) is 1. The number of nitrogen functional groups attached to an aromatic ring is 1. The SMILES string of the molecule is C=CCCOc1nc(NN)c(F)cc1F. The highest BCUT2D eigenvalue weighted by atomic mass is 19.1. The van der Waals surface area contributed by atoms with Crippen LogP contribution in [-0.4, -0.2) is 11.6 Å². The summed E-state index contributed by atoms with van der Waals surface area (Å²) in [5.41, 5.74) is 2.00. The van der Waals surface area contributed by atoms with Crippen LogP contribution in [0.2, 0.25) is 0 Å². The Kier molecular flexibility index (Phi) is 3.99. The van der Waals surface area contributed by atoms with E-state index in [2.05, 4.69) is 11.6 Å². The number of nitrogens with one attached hydrogen (secondary N) is 1. The van der Waals surface area contributed by atoms with Crippen molar-refractivity contribution in [2.45, 2.75) is 6.42 Å². The van der Waals surface area contributed by atoms with Crippen molar-refractivity contribution in [2.24, 2.45) is 5.84 Å². The van der Waals surface area contributed by atoms with Gasteiger partial charge in [-0.15, -0.1) is 6.58 Å². The molecule has 0 unspecified atom stereocenters. The van der Waals surface area contributed by atoms with E-state index >= 15 is 0 Å². The Morgan fingerprint density at radius 1 is 1.53 bits per heavy atom. The topological polar surface area (TPSA) is 60.2 Å². The smallest absolute Gasteiger partial charge is 0.252 e. The van der Waals surface area contributed by atoms with E-state index in [1.54, 1.807) is 6.08 Å². The van der Waals surface area contributed by atoms with Gasteiger partial charge in [-0.25, -0.2) is 14.6 Å². The molecule has 82 valence electrons. The van der Waals surface area contributed by atoms with Crippen LogP contribution in [0.1, 0.15) is 6.42 Å². The van der Waals surface area contributed by atoms with Gasteiger partial charge in [0.1, 0.15) is 0 Å². The predicted octanol–water partition coefficient (Wildman–Crippen LogP) is 1.60. The van der Waals surface area contributed by atoms with E-state index in [0.717, 1.165) is 0 Å². The van der Waals surface area contributed by atoms with Gasteiger partial charge in [-0.1, -0.05) is 6.08 Å². The molecule has 0 aliphatic heterocycles. The summed E-state index contributed by atoms with van der Waals surface area (Å²) in [6.07, 6.45) is 2.16.